The second-order valence-electron chi connectivity index (χ2n) is 4.80. The van der Waals surface area contributed by atoms with Gasteiger partial charge in [-0.3, -0.25) is 4.79 Å². The Labute approximate surface area is 125 Å². The number of hydrogen-bond acceptors (Lipinski definition) is 3. The van der Waals surface area contributed by atoms with Crippen LogP contribution >= 0.6 is 15.9 Å². The molecule has 0 spiro atoms. The highest BCUT2D eigenvalue weighted by Crippen LogP contribution is 2.46. The molecular formula is C16H13BrO3. The molecule has 102 valence electrons. The number of aliphatic hydroxyl groups excluding tert-OH is 1. The van der Waals surface area contributed by atoms with E-state index in [0.717, 1.165) is 32.3 Å². The van der Waals surface area contributed by atoms with Gasteiger partial charge in [0.15, 0.2) is 0 Å². The van der Waals surface area contributed by atoms with Gasteiger partial charge in [0, 0.05) is 11.4 Å². The maximum atomic E-state index is 11.0. The maximum Gasteiger partial charge on any atom is 0.302 e. The first-order valence-corrected chi connectivity index (χ1v) is 7.10. The van der Waals surface area contributed by atoms with Gasteiger partial charge in [0.25, 0.3) is 0 Å². The Morgan fingerprint density at radius 2 is 2.05 bits per heavy atom. The van der Waals surface area contributed by atoms with Gasteiger partial charge >= 0.3 is 5.97 Å². The summed E-state index contributed by atoms with van der Waals surface area (Å²) < 4.78 is 5.99. The molecule has 4 heteroatoms. The molecule has 0 aliphatic heterocycles. The van der Waals surface area contributed by atoms with Crippen LogP contribution in [0.1, 0.15) is 29.7 Å². The number of carbonyl (C=O) groups excluding carboxylic acids is 1. The summed E-state index contributed by atoms with van der Waals surface area (Å²) in [6.07, 6.45) is -0.667. The van der Waals surface area contributed by atoms with Crippen LogP contribution in [-0.4, -0.2) is 11.1 Å². The molecule has 1 aliphatic carbocycles. The Kier molecular flexibility index (Phi) is 3.36. The zero-order chi connectivity index (χ0) is 14.3. The fourth-order valence-electron chi connectivity index (χ4n) is 2.66. The third-order valence-electron chi connectivity index (χ3n) is 3.48. The summed E-state index contributed by atoms with van der Waals surface area (Å²) in [6, 6.07) is 11.6. The van der Waals surface area contributed by atoms with E-state index in [9.17, 15) is 9.90 Å². The first kappa shape index (κ1) is 13.3. The summed E-state index contributed by atoms with van der Waals surface area (Å²) >= 11 is 3.47. The van der Waals surface area contributed by atoms with Gasteiger partial charge in [0.05, 0.1) is 0 Å². The van der Waals surface area contributed by atoms with Gasteiger partial charge in [0.1, 0.15) is 12.7 Å². The summed E-state index contributed by atoms with van der Waals surface area (Å²) in [6.45, 7) is 1.55. The van der Waals surface area contributed by atoms with Gasteiger partial charge in [-0.15, -0.1) is 0 Å². The third-order valence-corrected chi connectivity index (χ3v) is 3.94. The lowest BCUT2D eigenvalue weighted by Crippen LogP contribution is -2.04. The molecule has 20 heavy (non-hydrogen) atoms. The molecule has 1 aliphatic rings. The zero-order valence-corrected chi connectivity index (χ0v) is 12.5. The van der Waals surface area contributed by atoms with Crippen LogP contribution in [0.3, 0.4) is 0 Å². The van der Waals surface area contributed by atoms with Gasteiger partial charge in [-0.1, -0.05) is 40.2 Å². The molecule has 2 aromatic carbocycles. The van der Waals surface area contributed by atoms with Crippen LogP contribution in [0, 0.1) is 0 Å². The van der Waals surface area contributed by atoms with Crippen molar-refractivity contribution in [2.45, 2.75) is 19.6 Å². The number of ether oxygens (including phenoxy) is 1. The molecule has 0 saturated carbocycles. The topological polar surface area (TPSA) is 46.5 Å². The number of carbonyl (C=O) groups is 1. The van der Waals surface area contributed by atoms with Crippen LogP contribution in [0.15, 0.2) is 40.9 Å². The first-order chi connectivity index (χ1) is 9.58. The minimum absolute atomic E-state index is 0.169. The molecule has 0 bridgehead atoms. The van der Waals surface area contributed by atoms with Gasteiger partial charge in [-0.2, -0.15) is 0 Å². The molecule has 0 amide bonds. The smallest absolute Gasteiger partial charge is 0.302 e. The monoisotopic (exact) mass is 332 g/mol. The van der Waals surface area contributed by atoms with E-state index in [1.54, 1.807) is 0 Å². The van der Waals surface area contributed by atoms with E-state index in [1.165, 1.54) is 6.92 Å². The summed E-state index contributed by atoms with van der Waals surface area (Å²) in [4.78, 5) is 11.0. The van der Waals surface area contributed by atoms with Crippen molar-refractivity contribution in [3.05, 3.63) is 57.6 Å². The molecule has 0 aromatic heterocycles. The Morgan fingerprint density at radius 1 is 1.30 bits per heavy atom. The van der Waals surface area contributed by atoms with Crippen LogP contribution in [0.25, 0.3) is 11.1 Å². The normalized spacial score (nSPS) is 15.7. The molecule has 1 unspecified atom stereocenters. The second kappa shape index (κ2) is 5.04. The number of esters is 1. The average molecular weight is 333 g/mol. The zero-order valence-electron chi connectivity index (χ0n) is 10.9. The summed E-state index contributed by atoms with van der Waals surface area (Å²) in [5.74, 6) is -0.330. The van der Waals surface area contributed by atoms with E-state index in [2.05, 4.69) is 15.9 Å². The van der Waals surface area contributed by atoms with Crippen molar-refractivity contribution < 1.29 is 14.6 Å². The highest BCUT2D eigenvalue weighted by atomic mass is 79.9. The largest absolute Gasteiger partial charge is 0.461 e. The van der Waals surface area contributed by atoms with Gasteiger partial charge < -0.3 is 9.84 Å². The lowest BCUT2D eigenvalue weighted by molar-refractivity contribution is -0.142. The molecule has 1 atom stereocenters. The number of rotatable bonds is 2. The molecular weight excluding hydrogens is 320 g/mol. The molecule has 3 rings (SSSR count). The van der Waals surface area contributed by atoms with Crippen LogP contribution in [0.5, 0.6) is 0 Å². The van der Waals surface area contributed by atoms with E-state index >= 15 is 0 Å². The van der Waals surface area contributed by atoms with Gasteiger partial charge in [-0.05, 0) is 39.9 Å². The minimum atomic E-state index is -0.667. The Morgan fingerprint density at radius 3 is 2.80 bits per heavy atom. The molecule has 0 fully saturated rings. The van der Waals surface area contributed by atoms with Gasteiger partial charge in [0.2, 0.25) is 0 Å². The van der Waals surface area contributed by atoms with E-state index in [4.69, 9.17) is 4.74 Å². The molecule has 0 saturated heterocycles. The fraction of sp³-hybridized carbons (Fsp3) is 0.188. The highest BCUT2D eigenvalue weighted by molar-refractivity contribution is 9.10. The Balaban J connectivity index is 2.13. The highest BCUT2D eigenvalue weighted by Gasteiger charge is 2.29. The number of hydrogen-bond donors (Lipinski definition) is 1. The SMILES string of the molecule is CC(=O)OCc1cc(Br)cc2c1C(O)c1ccccc1-2. The standard InChI is InChI=1S/C16H13BrO3/c1-9(18)20-8-10-6-11(17)7-14-12-4-2-3-5-13(12)16(19)15(10)14/h2-7,16,19H,8H2,1H3. The van der Waals surface area contributed by atoms with Crippen molar-refractivity contribution in [3.63, 3.8) is 0 Å². The molecule has 1 N–H and O–H groups in total. The number of fused-ring (bicyclic) bond motifs is 3. The van der Waals surface area contributed by atoms with E-state index in [0.29, 0.717) is 0 Å². The lowest BCUT2D eigenvalue weighted by atomic mass is 10.0. The van der Waals surface area contributed by atoms with E-state index in [1.807, 2.05) is 36.4 Å². The summed E-state index contributed by atoms with van der Waals surface area (Å²) in [7, 11) is 0. The van der Waals surface area contributed by atoms with E-state index in [-0.39, 0.29) is 12.6 Å². The minimum Gasteiger partial charge on any atom is -0.461 e. The molecule has 0 radical (unpaired) electrons. The summed E-state index contributed by atoms with van der Waals surface area (Å²) in [5, 5.41) is 10.5. The van der Waals surface area contributed by atoms with Crippen molar-refractivity contribution in [1.29, 1.82) is 0 Å². The van der Waals surface area contributed by atoms with Crippen LogP contribution < -0.4 is 0 Å². The Hall–Kier alpha value is -1.65. The lowest BCUT2D eigenvalue weighted by Gasteiger charge is -2.13. The number of halogens is 1. The predicted molar refractivity (Wildman–Crippen MR) is 79.1 cm³/mol. The van der Waals surface area contributed by atoms with Crippen molar-refractivity contribution in [2.24, 2.45) is 0 Å². The number of aliphatic hydroxyl groups is 1. The van der Waals surface area contributed by atoms with Crippen LogP contribution in [0.2, 0.25) is 0 Å². The van der Waals surface area contributed by atoms with Crippen molar-refractivity contribution in [1.82, 2.24) is 0 Å². The average Bonchev–Trinajstić information content (AvgIpc) is 2.70. The molecule has 0 heterocycles. The number of benzene rings is 2. The maximum absolute atomic E-state index is 11.0. The molecule has 2 aromatic rings. The molecule has 3 nitrogen and oxygen atoms in total. The third kappa shape index (κ3) is 2.15. The predicted octanol–water partition coefficient (Wildman–Crippen LogP) is 3.57. The van der Waals surface area contributed by atoms with E-state index < -0.39 is 6.10 Å². The van der Waals surface area contributed by atoms with Crippen molar-refractivity contribution in [3.8, 4) is 11.1 Å². The second-order valence-corrected chi connectivity index (χ2v) is 5.71. The van der Waals surface area contributed by atoms with Gasteiger partial charge in [-0.25, -0.2) is 0 Å². The van der Waals surface area contributed by atoms with Crippen molar-refractivity contribution >= 4 is 21.9 Å². The van der Waals surface area contributed by atoms with Crippen molar-refractivity contribution in [2.75, 3.05) is 0 Å². The van der Waals surface area contributed by atoms with Crippen LogP contribution in [0.4, 0.5) is 0 Å². The van der Waals surface area contributed by atoms with Crippen LogP contribution in [-0.2, 0) is 16.1 Å². The summed E-state index contributed by atoms with van der Waals surface area (Å²) in [5.41, 5.74) is 4.57. The quantitative estimate of drug-likeness (QED) is 0.855. The fourth-order valence-corrected chi connectivity index (χ4v) is 3.16. The first-order valence-electron chi connectivity index (χ1n) is 6.31. The Bertz CT molecular complexity index is 694.